The van der Waals surface area contributed by atoms with E-state index in [1.54, 1.807) is 13.2 Å². The lowest BCUT2D eigenvalue weighted by molar-refractivity contribution is 0.228. The van der Waals surface area contributed by atoms with Gasteiger partial charge in [0.05, 0.1) is 17.0 Å². The van der Waals surface area contributed by atoms with Crippen LogP contribution in [0.25, 0.3) is 0 Å². The Morgan fingerprint density at radius 3 is 2.80 bits per heavy atom. The average molecular weight is 261 g/mol. The highest BCUT2D eigenvalue weighted by atomic mass is 35.5. The molecule has 0 bridgehead atoms. The van der Waals surface area contributed by atoms with Gasteiger partial charge in [0.1, 0.15) is 11.9 Å². The normalized spacial score (nSPS) is 12.7. The molecule has 0 saturated heterocycles. The number of hydrogen-bond donors (Lipinski definition) is 1. The molecule has 0 radical (unpaired) electrons. The summed E-state index contributed by atoms with van der Waals surface area (Å²) in [6.45, 7) is 0. The van der Waals surface area contributed by atoms with Crippen molar-refractivity contribution in [1.29, 1.82) is 0 Å². The zero-order valence-electron chi connectivity index (χ0n) is 7.94. The molecule has 0 aliphatic rings. The van der Waals surface area contributed by atoms with Crippen LogP contribution in [0.2, 0.25) is 5.02 Å². The van der Waals surface area contributed by atoms with Gasteiger partial charge in [0.15, 0.2) is 0 Å². The Kier molecular flexibility index (Phi) is 3.31. The fourth-order valence-electron chi connectivity index (χ4n) is 1.21. The minimum atomic E-state index is -0.647. The van der Waals surface area contributed by atoms with Gasteiger partial charge in [-0.3, -0.25) is 0 Å². The van der Waals surface area contributed by atoms with Gasteiger partial charge >= 0.3 is 0 Å². The fraction of sp³-hybridized carbons (Fsp3) is 0.200. The summed E-state index contributed by atoms with van der Waals surface area (Å²) in [7, 11) is 1.61. The quantitative estimate of drug-likeness (QED) is 0.915. The van der Waals surface area contributed by atoms with Crippen LogP contribution < -0.4 is 4.74 Å². The third-order valence-electron chi connectivity index (χ3n) is 1.99. The summed E-state index contributed by atoms with van der Waals surface area (Å²) in [4.78, 5) is 1.62. The molecule has 2 heterocycles. The lowest BCUT2D eigenvalue weighted by atomic mass is 10.2. The molecule has 1 N–H and O–H groups in total. The van der Waals surface area contributed by atoms with Gasteiger partial charge in [-0.15, -0.1) is 22.7 Å². The van der Waals surface area contributed by atoms with E-state index in [9.17, 15) is 5.11 Å². The minimum absolute atomic E-state index is 0.611. The first-order valence-electron chi connectivity index (χ1n) is 4.25. The number of rotatable bonds is 3. The van der Waals surface area contributed by atoms with Crippen molar-refractivity contribution in [3.63, 3.8) is 0 Å². The first kappa shape index (κ1) is 11.0. The van der Waals surface area contributed by atoms with E-state index in [0.717, 1.165) is 15.5 Å². The molecule has 2 rings (SSSR count). The monoisotopic (exact) mass is 260 g/mol. The Labute approximate surface area is 101 Å². The SMILES string of the molecule is COc1csc(C(O)c2sccc2Cl)c1. The highest BCUT2D eigenvalue weighted by Crippen LogP contribution is 2.36. The van der Waals surface area contributed by atoms with Gasteiger partial charge in [0, 0.05) is 10.3 Å². The molecule has 1 unspecified atom stereocenters. The van der Waals surface area contributed by atoms with Crippen LogP contribution in [0.1, 0.15) is 15.9 Å². The molecule has 2 nitrogen and oxygen atoms in total. The van der Waals surface area contributed by atoms with Gasteiger partial charge in [-0.05, 0) is 17.5 Å². The molecule has 0 aromatic carbocycles. The van der Waals surface area contributed by atoms with E-state index in [1.165, 1.54) is 22.7 Å². The maximum atomic E-state index is 10.1. The zero-order chi connectivity index (χ0) is 10.8. The summed E-state index contributed by atoms with van der Waals surface area (Å²) in [6.07, 6.45) is -0.647. The second-order valence-corrected chi connectivity index (χ2v) is 5.22. The molecule has 0 spiro atoms. The Morgan fingerprint density at radius 2 is 2.27 bits per heavy atom. The van der Waals surface area contributed by atoms with E-state index in [2.05, 4.69) is 0 Å². The zero-order valence-corrected chi connectivity index (χ0v) is 10.3. The van der Waals surface area contributed by atoms with Gasteiger partial charge in [-0.25, -0.2) is 0 Å². The Balaban J connectivity index is 2.28. The molecular weight excluding hydrogens is 252 g/mol. The van der Waals surface area contributed by atoms with E-state index >= 15 is 0 Å². The van der Waals surface area contributed by atoms with Crippen LogP contribution in [0.5, 0.6) is 5.75 Å². The van der Waals surface area contributed by atoms with Crippen molar-refractivity contribution in [2.75, 3.05) is 7.11 Å². The van der Waals surface area contributed by atoms with Crippen molar-refractivity contribution in [1.82, 2.24) is 0 Å². The van der Waals surface area contributed by atoms with Crippen molar-refractivity contribution in [2.24, 2.45) is 0 Å². The summed E-state index contributed by atoms with van der Waals surface area (Å²) < 4.78 is 5.06. The lowest BCUT2D eigenvalue weighted by Gasteiger charge is -2.05. The van der Waals surface area contributed by atoms with Crippen LogP contribution in [0.15, 0.2) is 22.9 Å². The Hall–Kier alpha value is -0.550. The topological polar surface area (TPSA) is 29.5 Å². The molecule has 15 heavy (non-hydrogen) atoms. The molecule has 2 aromatic rings. The van der Waals surface area contributed by atoms with Crippen molar-refractivity contribution in [3.05, 3.63) is 37.7 Å². The van der Waals surface area contributed by atoms with Crippen LogP contribution in [0.4, 0.5) is 0 Å². The summed E-state index contributed by atoms with van der Waals surface area (Å²) in [5.41, 5.74) is 0. The summed E-state index contributed by atoms with van der Waals surface area (Å²) in [6, 6.07) is 3.61. The van der Waals surface area contributed by atoms with E-state index in [0.29, 0.717) is 5.02 Å². The standard InChI is InChI=1S/C10H9ClO2S2/c1-13-6-4-8(15-5-6)9(12)10-7(11)2-3-14-10/h2-5,9,12H,1H3. The molecule has 5 heteroatoms. The van der Waals surface area contributed by atoms with E-state index in [4.69, 9.17) is 16.3 Å². The third-order valence-corrected chi connectivity index (χ3v) is 4.37. The minimum Gasteiger partial charge on any atom is -0.496 e. The maximum Gasteiger partial charge on any atom is 0.129 e. The van der Waals surface area contributed by atoms with Crippen molar-refractivity contribution in [2.45, 2.75) is 6.10 Å². The molecule has 2 aromatic heterocycles. The third kappa shape index (κ3) is 2.18. The van der Waals surface area contributed by atoms with Gasteiger partial charge < -0.3 is 9.84 Å². The van der Waals surface area contributed by atoms with E-state index in [-0.39, 0.29) is 0 Å². The number of thiophene rings is 2. The smallest absolute Gasteiger partial charge is 0.129 e. The second kappa shape index (κ2) is 4.53. The summed E-state index contributed by atoms with van der Waals surface area (Å²) >= 11 is 8.86. The second-order valence-electron chi connectivity index (χ2n) is 2.92. The van der Waals surface area contributed by atoms with Crippen molar-refractivity contribution >= 4 is 34.3 Å². The fourth-order valence-corrected chi connectivity index (χ4v) is 3.30. The summed E-state index contributed by atoms with van der Waals surface area (Å²) in [5, 5.41) is 14.4. The number of ether oxygens (including phenoxy) is 1. The number of halogens is 1. The van der Waals surface area contributed by atoms with Crippen LogP contribution in [-0.2, 0) is 0 Å². The largest absolute Gasteiger partial charge is 0.496 e. The Morgan fingerprint density at radius 1 is 1.47 bits per heavy atom. The van der Waals surface area contributed by atoms with Crippen molar-refractivity contribution < 1.29 is 9.84 Å². The van der Waals surface area contributed by atoms with Crippen LogP contribution in [-0.4, -0.2) is 12.2 Å². The highest BCUT2D eigenvalue weighted by molar-refractivity contribution is 7.12. The molecule has 1 atom stereocenters. The Bertz CT molecular complexity index is 450. The molecule has 80 valence electrons. The maximum absolute atomic E-state index is 10.1. The van der Waals surface area contributed by atoms with Gasteiger partial charge in [0.25, 0.3) is 0 Å². The van der Waals surface area contributed by atoms with E-state index < -0.39 is 6.10 Å². The first-order chi connectivity index (χ1) is 7.22. The molecular formula is C10H9ClO2S2. The van der Waals surface area contributed by atoms with Crippen LogP contribution in [0.3, 0.4) is 0 Å². The number of aliphatic hydroxyl groups excluding tert-OH is 1. The van der Waals surface area contributed by atoms with Crippen LogP contribution in [0, 0.1) is 0 Å². The lowest BCUT2D eigenvalue weighted by Crippen LogP contribution is -1.94. The van der Waals surface area contributed by atoms with Crippen LogP contribution >= 0.6 is 34.3 Å². The molecule has 0 fully saturated rings. The molecule has 0 aliphatic carbocycles. The highest BCUT2D eigenvalue weighted by Gasteiger charge is 2.17. The number of methoxy groups -OCH3 is 1. The summed E-state index contributed by atoms with van der Waals surface area (Å²) in [5.74, 6) is 0.765. The predicted octanol–water partition coefficient (Wildman–Crippen LogP) is 3.55. The van der Waals surface area contributed by atoms with Gasteiger partial charge in [-0.2, -0.15) is 0 Å². The number of aliphatic hydroxyl groups is 1. The molecule has 0 saturated carbocycles. The average Bonchev–Trinajstić information content (AvgIpc) is 2.84. The number of hydrogen-bond acceptors (Lipinski definition) is 4. The predicted molar refractivity (Wildman–Crippen MR) is 64.3 cm³/mol. The molecule has 0 amide bonds. The molecule has 0 aliphatic heterocycles. The van der Waals surface area contributed by atoms with Gasteiger partial charge in [-0.1, -0.05) is 11.6 Å². The van der Waals surface area contributed by atoms with Gasteiger partial charge in [0.2, 0.25) is 0 Å². The van der Waals surface area contributed by atoms with Crippen molar-refractivity contribution in [3.8, 4) is 5.75 Å². The van der Waals surface area contributed by atoms with E-state index in [1.807, 2.05) is 16.8 Å². The first-order valence-corrected chi connectivity index (χ1v) is 6.39.